The van der Waals surface area contributed by atoms with E-state index in [2.05, 4.69) is 4.99 Å². The van der Waals surface area contributed by atoms with Crippen LogP contribution in [0.25, 0.3) is 0 Å². The molecule has 0 aliphatic rings. The molecule has 0 spiro atoms. The lowest BCUT2D eigenvalue weighted by molar-refractivity contribution is 0.473. The second-order valence-corrected chi connectivity index (χ2v) is 5.57. The number of nitrogens with zero attached hydrogens (tertiary/aromatic N) is 1. The van der Waals surface area contributed by atoms with Gasteiger partial charge in [-0.25, -0.2) is 0 Å². The first kappa shape index (κ1) is 14.9. The molecule has 2 aromatic rings. The molecule has 0 radical (unpaired) electrons. The molecule has 0 amide bonds. The van der Waals surface area contributed by atoms with Gasteiger partial charge in [-0.2, -0.15) is 0 Å². The first-order valence-electron chi connectivity index (χ1n) is 6.19. The van der Waals surface area contributed by atoms with E-state index in [1.807, 2.05) is 32.9 Å². The van der Waals surface area contributed by atoms with Crippen molar-refractivity contribution in [3.63, 3.8) is 0 Å². The predicted molar refractivity (Wildman–Crippen MR) is 86.0 cm³/mol. The molecule has 20 heavy (non-hydrogen) atoms. The number of halogens is 2. The topological polar surface area (TPSA) is 32.6 Å². The monoisotopic (exact) mass is 307 g/mol. The maximum Gasteiger partial charge on any atom is 0.124 e. The number of aromatic hydroxyl groups is 1. The number of benzene rings is 2. The fraction of sp³-hybridized carbons (Fsp3) is 0.188. The van der Waals surface area contributed by atoms with Crippen LogP contribution >= 0.6 is 23.2 Å². The lowest BCUT2D eigenvalue weighted by Gasteiger charge is -2.09. The zero-order valence-corrected chi connectivity index (χ0v) is 13.0. The molecule has 0 saturated carbocycles. The molecule has 1 N–H and O–H groups in total. The van der Waals surface area contributed by atoms with Gasteiger partial charge in [0, 0.05) is 21.8 Å². The summed E-state index contributed by atoms with van der Waals surface area (Å²) in [6.07, 6.45) is 1.63. The van der Waals surface area contributed by atoms with E-state index < -0.39 is 0 Å². The summed E-state index contributed by atoms with van der Waals surface area (Å²) < 4.78 is 0. The lowest BCUT2D eigenvalue weighted by atomic mass is 10.0. The molecule has 2 nitrogen and oxygen atoms in total. The summed E-state index contributed by atoms with van der Waals surface area (Å²) in [5.74, 6) is 0.180. The minimum absolute atomic E-state index is 0.180. The summed E-state index contributed by atoms with van der Waals surface area (Å²) in [6, 6.07) is 7.13. The van der Waals surface area contributed by atoms with Crippen LogP contribution in [0, 0.1) is 20.8 Å². The number of aryl methyl sites for hydroxylation is 2. The van der Waals surface area contributed by atoms with Crippen molar-refractivity contribution in [3.8, 4) is 5.75 Å². The molecule has 0 aliphatic carbocycles. The summed E-state index contributed by atoms with van der Waals surface area (Å²) in [5.41, 5.74) is 4.09. The fourth-order valence-electron chi connectivity index (χ4n) is 2.01. The van der Waals surface area contributed by atoms with E-state index in [4.69, 9.17) is 23.2 Å². The van der Waals surface area contributed by atoms with Gasteiger partial charge in [-0.15, -0.1) is 0 Å². The van der Waals surface area contributed by atoms with Gasteiger partial charge in [-0.1, -0.05) is 23.2 Å². The van der Waals surface area contributed by atoms with Gasteiger partial charge >= 0.3 is 0 Å². The number of aliphatic imine (C=N–C) groups is 1. The van der Waals surface area contributed by atoms with E-state index in [1.165, 1.54) is 0 Å². The van der Waals surface area contributed by atoms with Crippen LogP contribution in [0.2, 0.25) is 10.0 Å². The quantitative estimate of drug-likeness (QED) is 0.743. The van der Waals surface area contributed by atoms with Crippen molar-refractivity contribution >= 4 is 35.1 Å². The van der Waals surface area contributed by atoms with Crippen molar-refractivity contribution < 1.29 is 5.11 Å². The van der Waals surface area contributed by atoms with Crippen molar-refractivity contribution in [2.24, 2.45) is 4.99 Å². The Morgan fingerprint density at radius 1 is 1.05 bits per heavy atom. The van der Waals surface area contributed by atoms with Crippen molar-refractivity contribution in [1.82, 2.24) is 0 Å². The number of phenolic OH excluding ortho intramolecular Hbond substituents is 1. The van der Waals surface area contributed by atoms with Crippen molar-refractivity contribution in [2.75, 3.05) is 0 Å². The van der Waals surface area contributed by atoms with Crippen LogP contribution < -0.4 is 0 Å². The van der Waals surface area contributed by atoms with Gasteiger partial charge in [0.1, 0.15) is 5.75 Å². The van der Waals surface area contributed by atoms with Gasteiger partial charge in [0.2, 0.25) is 0 Å². The van der Waals surface area contributed by atoms with Crippen LogP contribution in [0.3, 0.4) is 0 Å². The van der Waals surface area contributed by atoms with E-state index in [0.29, 0.717) is 15.6 Å². The number of hydrogen-bond donors (Lipinski definition) is 1. The normalized spacial score (nSPS) is 11.2. The van der Waals surface area contributed by atoms with Crippen LogP contribution in [0.1, 0.15) is 22.3 Å². The Morgan fingerprint density at radius 2 is 1.75 bits per heavy atom. The third kappa shape index (κ3) is 2.97. The van der Waals surface area contributed by atoms with Gasteiger partial charge in [-0.05, 0) is 61.7 Å². The predicted octanol–water partition coefficient (Wildman–Crippen LogP) is 5.37. The summed E-state index contributed by atoms with van der Waals surface area (Å²) in [4.78, 5) is 4.41. The third-order valence-electron chi connectivity index (χ3n) is 3.20. The number of phenols is 1. The Hall–Kier alpha value is -1.51. The van der Waals surface area contributed by atoms with Crippen LogP contribution in [0.4, 0.5) is 5.69 Å². The number of rotatable bonds is 2. The maximum absolute atomic E-state index is 10.0. The van der Waals surface area contributed by atoms with E-state index in [-0.39, 0.29) is 5.75 Å². The SMILES string of the molecule is Cc1cc(Cl)ccc1N=Cc1c(O)cc(C)c(Cl)c1C. The molecule has 0 bridgehead atoms. The first-order chi connectivity index (χ1) is 9.40. The summed E-state index contributed by atoms with van der Waals surface area (Å²) in [6.45, 7) is 5.66. The van der Waals surface area contributed by atoms with Crippen LogP contribution in [-0.2, 0) is 0 Å². The largest absolute Gasteiger partial charge is 0.507 e. The van der Waals surface area contributed by atoms with Crippen molar-refractivity contribution in [2.45, 2.75) is 20.8 Å². The zero-order chi connectivity index (χ0) is 14.9. The zero-order valence-electron chi connectivity index (χ0n) is 11.5. The Labute approximate surface area is 128 Å². The molecule has 0 atom stereocenters. The third-order valence-corrected chi connectivity index (χ3v) is 4.02. The molecule has 2 rings (SSSR count). The Bertz CT molecular complexity index is 693. The summed E-state index contributed by atoms with van der Waals surface area (Å²) in [5, 5.41) is 11.3. The molecule has 0 fully saturated rings. The van der Waals surface area contributed by atoms with E-state index in [9.17, 15) is 5.11 Å². The van der Waals surface area contributed by atoms with Crippen LogP contribution in [0.5, 0.6) is 5.75 Å². The van der Waals surface area contributed by atoms with E-state index in [0.717, 1.165) is 22.4 Å². The molecule has 0 heterocycles. The molecule has 0 saturated heterocycles. The molecule has 0 aromatic heterocycles. The average molecular weight is 308 g/mol. The van der Waals surface area contributed by atoms with Crippen molar-refractivity contribution in [3.05, 3.63) is 56.6 Å². The number of hydrogen-bond acceptors (Lipinski definition) is 2. The van der Waals surface area contributed by atoms with Gasteiger partial charge in [-0.3, -0.25) is 4.99 Å². The van der Waals surface area contributed by atoms with Gasteiger partial charge in [0.25, 0.3) is 0 Å². The maximum atomic E-state index is 10.0. The Balaban J connectivity index is 2.44. The fourth-order valence-corrected chi connectivity index (χ4v) is 2.40. The van der Waals surface area contributed by atoms with Gasteiger partial charge in [0.15, 0.2) is 0 Å². The van der Waals surface area contributed by atoms with E-state index >= 15 is 0 Å². The minimum Gasteiger partial charge on any atom is -0.507 e. The average Bonchev–Trinajstić information content (AvgIpc) is 2.38. The second kappa shape index (κ2) is 5.86. The van der Waals surface area contributed by atoms with Gasteiger partial charge < -0.3 is 5.11 Å². The standard InChI is InChI=1S/C16H15Cl2NO/c1-9-6-12(17)4-5-14(9)19-8-13-11(3)16(18)10(2)7-15(13)20/h4-8,20H,1-3H3. The lowest BCUT2D eigenvalue weighted by Crippen LogP contribution is -1.92. The second-order valence-electron chi connectivity index (χ2n) is 4.75. The van der Waals surface area contributed by atoms with Crippen LogP contribution in [-0.4, -0.2) is 11.3 Å². The highest BCUT2D eigenvalue weighted by atomic mass is 35.5. The highest BCUT2D eigenvalue weighted by Crippen LogP contribution is 2.30. The molecule has 0 unspecified atom stereocenters. The molecule has 4 heteroatoms. The van der Waals surface area contributed by atoms with Crippen LogP contribution in [0.15, 0.2) is 29.3 Å². The van der Waals surface area contributed by atoms with Gasteiger partial charge in [0.05, 0.1) is 5.69 Å². The summed E-state index contributed by atoms with van der Waals surface area (Å²) in [7, 11) is 0. The highest BCUT2D eigenvalue weighted by Gasteiger charge is 2.09. The molecule has 2 aromatic carbocycles. The molecule has 104 valence electrons. The molecular formula is C16H15Cl2NO. The van der Waals surface area contributed by atoms with E-state index in [1.54, 1.807) is 18.3 Å². The minimum atomic E-state index is 0.180. The molecular weight excluding hydrogens is 293 g/mol. The smallest absolute Gasteiger partial charge is 0.124 e. The summed E-state index contributed by atoms with van der Waals surface area (Å²) >= 11 is 12.1. The Kier molecular flexibility index (Phi) is 4.36. The Morgan fingerprint density at radius 3 is 2.40 bits per heavy atom. The molecule has 0 aliphatic heterocycles. The highest BCUT2D eigenvalue weighted by molar-refractivity contribution is 6.32. The van der Waals surface area contributed by atoms with Crippen molar-refractivity contribution in [1.29, 1.82) is 0 Å². The first-order valence-corrected chi connectivity index (χ1v) is 6.94.